The Kier molecular flexibility index (Phi) is 4.92. The maximum absolute atomic E-state index is 10.3. The summed E-state index contributed by atoms with van der Waals surface area (Å²) in [5.41, 5.74) is 0. The van der Waals surface area contributed by atoms with Crippen LogP contribution in [-0.4, -0.2) is 45.8 Å². The van der Waals surface area contributed by atoms with Gasteiger partial charge in [0, 0.05) is 30.7 Å². The topological polar surface area (TPSA) is 68.2 Å². The van der Waals surface area contributed by atoms with Gasteiger partial charge in [-0.1, -0.05) is 0 Å². The summed E-state index contributed by atoms with van der Waals surface area (Å²) in [6.45, 7) is 1.02. The molecule has 0 aliphatic carbocycles. The Morgan fingerprint density at radius 3 is 2.60 bits per heavy atom. The standard InChI is InChI=1S/C4H7NOS.C3H5NO3S/c1-5-2-3-7-6-4-5;5-8(6)2-1-4-3-7-8/h2-3H,4H2,1H3;3H,1-2H2. The molecule has 0 aromatic heterocycles. The summed E-state index contributed by atoms with van der Waals surface area (Å²) >= 11 is 1.38. The first-order valence-electron chi connectivity index (χ1n) is 4.14. The van der Waals surface area contributed by atoms with E-state index in [-0.39, 0.29) is 5.75 Å². The molecule has 0 aromatic carbocycles. The first-order valence-corrected chi connectivity index (χ1v) is 6.53. The monoisotopic (exact) mass is 252 g/mol. The number of hydrogen-bond acceptors (Lipinski definition) is 7. The molecule has 2 aliphatic heterocycles. The van der Waals surface area contributed by atoms with Crippen molar-refractivity contribution in [2.24, 2.45) is 4.99 Å². The Balaban J connectivity index is 0.000000151. The third-order valence-electron chi connectivity index (χ3n) is 1.43. The van der Waals surface area contributed by atoms with Gasteiger partial charge >= 0.3 is 10.1 Å². The van der Waals surface area contributed by atoms with Crippen molar-refractivity contribution in [2.45, 2.75) is 0 Å². The van der Waals surface area contributed by atoms with Gasteiger partial charge in [0.1, 0.15) is 12.5 Å². The molecule has 0 amide bonds. The number of aliphatic imine (C=N–C) groups is 1. The van der Waals surface area contributed by atoms with E-state index in [1.165, 1.54) is 12.0 Å². The average molecular weight is 252 g/mol. The minimum absolute atomic E-state index is 0.00347. The van der Waals surface area contributed by atoms with E-state index in [0.717, 1.165) is 6.40 Å². The van der Waals surface area contributed by atoms with Crippen molar-refractivity contribution in [1.29, 1.82) is 0 Å². The highest BCUT2D eigenvalue weighted by atomic mass is 32.2. The molecule has 6 nitrogen and oxygen atoms in total. The van der Waals surface area contributed by atoms with E-state index >= 15 is 0 Å². The van der Waals surface area contributed by atoms with Crippen molar-refractivity contribution in [3.05, 3.63) is 11.6 Å². The highest BCUT2D eigenvalue weighted by Crippen LogP contribution is 2.09. The first kappa shape index (κ1) is 12.3. The molecule has 0 N–H and O–H groups in total. The van der Waals surface area contributed by atoms with Crippen LogP contribution in [0.3, 0.4) is 0 Å². The van der Waals surface area contributed by atoms with Gasteiger partial charge in [-0.05, 0) is 0 Å². The summed E-state index contributed by atoms with van der Waals surface area (Å²) in [6, 6.07) is 0. The largest absolute Gasteiger partial charge is 0.370 e. The minimum Gasteiger partial charge on any atom is -0.370 e. The second-order valence-electron chi connectivity index (χ2n) is 2.75. The zero-order chi connectivity index (χ0) is 11.1. The van der Waals surface area contributed by atoms with Gasteiger partial charge in [-0.15, -0.1) is 0 Å². The van der Waals surface area contributed by atoms with E-state index in [1.54, 1.807) is 0 Å². The Bertz CT molecular complexity index is 339. The summed E-state index contributed by atoms with van der Waals surface area (Å²) in [6.07, 6.45) is 2.94. The van der Waals surface area contributed by atoms with E-state index in [1.807, 2.05) is 23.6 Å². The zero-order valence-electron chi connectivity index (χ0n) is 8.20. The van der Waals surface area contributed by atoms with E-state index in [2.05, 4.69) is 9.18 Å². The van der Waals surface area contributed by atoms with Gasteiger partial charge in [-0.3, -0.25) is 9.18 Å². The molecule has 0 atom stereocenters. The van der Waals surface area contributed by atoms with Gasteiger partial charge in [0.05, 0.1) is 6.54 Å². The molecule has 15 heavy (non-hydrogen) atoms. The van der Waals surface area contributed by atoms with Crippen LogP contribution in [0.1, 0.15) is 0 Å². The highest BCUT2D eigenvalue weighted by Gasteiger charge is 2.11. The van der Waals surface area contributed by atoms with Crippen LogP contribution >= 0.6 is 12.0 Å². The molecule has 2 aliphatic rings. The van der Waals surface area contributed by atoms with Gasteiger partial charge in [0.2, 0.25) is 0 Å². The molecule has 2 rings (SSSR count). The summed E-state index contributed by atoms with van der Waals surface area (Å²) in [7, 11) is -1.26. The van der Waals surface area contributed by atoms with Crippen molar-refractivity contribution < 1.29 is 16.8 Å². The normalized spacial score (nSPS) is 22.6. The van der Waals surface area contributed by atoms with E-state index < -0.39 is 10.1 Å². The van der Waals surface area contributed by atoms with Gasteiger partial charge in [0.25, 0.3) is 0 Å². The van der Waals surface area contributed by atoms with Crippen LogP contribution in [0, 0.1) is 0 Å². The molecule has 8 heteroatoms. The second-order valence-corrected chi connectivity index (χ2v) is 5.17. The molecule has 0 bridgehead atoms. The molecule has 0 spiro atoms. The summed E-state index contributed by atoms with van der Waals surface area (Å²) < 4.78 is 29.8. The maximum atomic E-state index is 10.3. The Hall–Kier alpha value is -0.730. The van der Waals surface area contributed by atoms with Crippen molar-refractivity contribution in [1.82, 2.24) is 4.90 Å². The molecular formula is C7H12N2O4S2. The van der Waals surface area contributed by atoms with E-state index in [4.69, 9.17) is 4.18 Å². The van der Waals surface area contributed by atoms with Crippen LogP contribution in [0.2, 0.25) is 0 Å². The molecule has 0 aromatic rings. The lowest BCUT2D eigenvalue weighted by atomic mass is 10.8. The molecule has 2 heterocycles. The lowest BCUT2D eigenvalue weighted by Crippen LogP contribution is -2.16. The van der Waals surface area contributed by atoms with Crippen LogP contribution in [0.5, 0.6) is 0 Å². The van der Waals surface area contributed by atoms with Crippen molar-refractivity contribution in [3.63, 3.8) is 0 Å². The van der Waals surface area contributed by atoms with Crippen LogP contribution < -0.4 is 0 Å². The van der Waals surface area contributed by atoms with Gasteiger partial charge in [-0.25, -0.2) is 0 Å². The molecule has 0 saturated heterocycles. The van der Waals surface area contributed by atoms with Crippen LogP contribution in [0.4, 0.5) is 0 Å². The molecule has 0 radical (unpaired) electrons. The van der Waals surface area contributed by atoms with Crippen molar-refractivity contribution >= 4 is 28.6 Å². The molecule has 0 fully saturated rings. The van der Waals surface area contributed by atoms with Crippen molar-refractivity contribution in [2.75, 3.05) is 26.1 Å². The summed E-state index contributed by atoms with van der Waals surface area (Å²) in [5, 5.41) is 1.91. The Morgan fingerprint density at radius 2 is 2.33 bits per heavy atom. The summed E-state index contributed by atoms with van der Waals surface area (Å²) in [4.78, 5) is 5.52. The Labute approximate surface area is 93.3 Å². The SMILES string of the molecule is CN1C=CSOC1.O=S1(=O)CCN=CO1. The molecule has 86 valence electrons. The molecular weight excluding hydrogens is 240 g/mol. The second kappa shape index (κ2) is 5.99. The fourth-order valence-electron chi connectivity index (χ4n) is 0.686. The molecule has 0 unspecified atom stereocenters. The Morgan fingerprint density at radius 1 is 1.53 bits per heavy atom. The van der Waals surface area contributed by atoms with Crippen LogP contribution in [0.25, 0.3) is 0 Å². The smallest absolute Gasteiger partial charge is 0.311 e. The van der Waals surface area contributed by atoms with Crippen LogP contribution in [-0.2, 0) is 18.5 Å². The maximum Gasteiger partial charge on any atom is 0.311 e. The lowest BCUT2D eigenvalue weighted by molar-refractivity contribution is 0.224. The minimum atomic E-state index is -3.23. The van der Waals surface area contributed by atoms with E-state index in [9.17, 15) is 8.42 Å². The number of nitrogens with zero attached hydrogens (tertiary/aromatic N) is 2. The number of rotatable bonds is 0. The van der Waals surface area contributed by atoms with Crippen LogP contribution in [0.15, 0.2) is 16.6 Å². The van der Waals surface area contributed by atoms with Gasteiger partial charge < -0.3 is 9.08 Å². The fraction of sp³-hybridized carbons (Fsp3) is 0.571. The quantitative estimate of drug-likeness (QED) is 0.459. The highest BCUT2D eigenvalue weighted by molar-refractivity contribution is 7.97. The van der Waals surface area contributed by atoms with E-state index in [0.29, 0.717) is 13.3 Å². The third kappa shape index (κ3) is 5.65. The van der Waals surface area contributed by atoms with Gasteiger partial charge in [0.15, 0.2) is 6.40 Å². The van der Waals surface area contributed by atoms with Crippen molar-refractivity contribution in [3.8, 4) is 0 Å². The zero-order valence-corrected chi connectivity index (χ0v) is 9.83. The average Bonchev–Trinajstić information content (AvgIpc) is 2.19. The first-order chi connectivity index (χ1) is 7.10. The lowest BCUT2D eigenvalue weighted by Gasteiger charge is -2.15. The van der Waals surface area contributed by atoms with Gasteiger partial charge in [-0.2, -0.15) is 8.42 Å². The predicted octanol–water partition coefficient (Wildman–Crippen LogP) is 0.400. The fourth-order valence-corrected chi connectivity index (χ4v) is 1.87. The predicted molar refractivity (Wildman–Crippen MR) is 58.7 cm³/mol. The molecule has 0 saturated carbocycles. The number of hydrogen-bond donors (Lipinski definition) is 0. The summed E-state index contributed by atoms with van der Waals surface area (Å²) in [5.74, 6) is 0.00347. The third-order valence-corrected chi connectivity index (χ3v) is 2.97.